The van der Waals surface area contributed by atoms with Crippen LogP contribution in [0.2, 0.25) is 0 Å². The molecule has 0 radical (unpaired) electrons. The molecule has 0 aliphatic heterocycles. The maximum atomic E-state index is 12.9. The number of methoxy groups -OCH3 is 1. The second-order valence-corrected chi connectivity index (χ2v) is 5.59. The summed E-state index contributed by atoms with van der Waals surface area (Å²) in [5.41, 5.74) is -0.0425. The van der Waals surface area contributed by atoms with Gasteiger partial charge in [-0.15, -0.1) is 4.73 Å². The summed E-state index contributed by atoms with van der Waals surface area (Å²) in [5.74, 6) is -2.40. The molecule has 1 heterocycles. The Balaban J connectivity index is 1.93. The third-order valence-corrected chi connectivity index (χ3v) is 3.84. The van der Waals surface area contributed by atoms with Gasteiger partial charge in [0.2, 0.25) is 5.82 Å². The molecule has 2 N–H and O–H groups in total. The summed E-state index contributed by atoms with van der Waals surface area (Å²) in [5, 5.41) is 12.5. The van der Waals surface area contributed by atoms with Gasteiger partial charge in [-0.05, 0) is 35.9 Å². The van der Waals surface area contributed by atoms with E-state index >= 15 is 0 Å². The van der Waals surface area contributed by atoms with Crippen molar-refractivity contribution in [3.05, 3.63) is 75.6 Å². The van der Waals surface area contributed by atoms with E-state index in [1.54, 1.807) is 0 Å². The van der Waals surface area contributed by atoms with Crippen LogP contribution in [-0.4, -0.2) is 33.9 Å². The number of carbonyl (C=O) groups excluding carboxylic acids is 2. The molecule has 1 aromatic heterocycles. The number of carbonyl (C=O) groups is 2. The lowest BCUT2D eigenvalue weighted by Gasteiger charge is -2.09. The summed E-state index contributed by atoms with van der Waals surface area (Å²) in [4.78, 5) is 40.2. The first-order valence-electron chi connectivity index (χ1n) is 7.77. The number of rotatable bonds is 4. The van der Waals surface area contributed by atoms with Gasteiger partial charge in [0.25, 0.3) is 11.5 Å². The lowest BCUT2D eigenvalue weighted by molar-refractivity contribution is 0.0600. The zero-order valence-corrected chi connectivity index (χ0v) is 14.1. The molecule has 0 fully saturated rings. The summed E-state index contributed by atoms with van der Waals surface area (Å²) < 4.78 is 17.7. The number of amides is 1. The highest BCUT2D eigenvalue weighted by atomic mass is 19.1. The highest BCUT2D eigenvalue weighted by Crippen LogP contribution is 2.12. The SMILES string of the molecule is COC(=O)c1ccc2c(=O)n(O)c(C(=O)NCc3ccc(F)cc3)nc2c1. The molecule has 3 aromatic rings. The van der Waals surface area contributed by atoms with Gasteiger partial charge in [-0.25, -0.2) is 14.2 Å². The summed E-state index contributed by atoms with van der Waals surface area (Å²) in [6, 6.07) is 9.41. The zero-order chi connectivity index (χ0) is 19.6. The van der Waals surface area contributed by atoms with Crippen LogP contribution in [0.4, 0.5) is 4.39 Å². The van der Waals surface area contributed by atoms with Crippen LogP contribution in [0.5, 0.6) is 0 Å². The fraction of sp³-hybridized carbons (Fsp3) is 0.111. The van der Waals surface area contributed by atoms with Crippen LogP contribution in [-0.2, 0) is 11.3 Å². The van der Waals surface area contributed by atoms with Crippen molar-refractivity contribution in [3.8, 4) is 0 Å². The van der Waals surface area contributed by atoms with Gasteiger partial charge in [0.15, 0.2) is 0 Å². The normalized spacial score (nSPS) is 10.6. The van der Waals surface area contributed by atoms with Gasteiger partial charge in [0.05, 0.1) is 23.6 Å². The molecule has 138 valence electrons. The smallest absolute Gasteiger partial charge is 0.337 e. The molecule has 2 aromatic carbocycles. The number of halogens is 1. The minimum Gasteiger partial charge on any atom is -0.465 e. The van der Waals surface area contributed by atoms with Gasteiger partial charge in [0.1, 0.15) is 5.82 Å². The Morgan fingerprint density at radius 1 is 1.22 bits per heavy atom. The molecular formula is C18H14FN3O5. The molecule has 0 aliphatic carbocycles. The van der Waals surface area contributed by atoms with E-state index in [0.717, 1.165) is 0 Å². The lowest BCUT2D eigenvalue weighted by atomic mass is 10.1. The molecule has 0 saturated carbocycles. The van der Waals surface area contributed by atoms with Crippen molar-refractivity contribution < 1.29 is 23.9 Å². The zero-order valence-electron chi connectivity index (χ0n) is 14.1. The van der Waals surface area contributed by atoms with Crippen LogP contribution in [0.1, 0.15) is 26.5 Å². The maximum Gasteiger partial charge on any atom is 0.337 e. The number of nitrogens with one attached hydrogen (secondary N) is 1. The minimum absolute atomic E-state index is 0.0280. The second kappa shape index (κ2) is 7.24. The van der Waals surface area contributed by atoms with E-state index < -0.39 is 29.1 Å². The second-order valence-electron chi connectivity index (χ2n) is 5.59. The van der Waals surface area contributed by atoms with Crippen LogP contribution in [0.3, 0.4) is 0 Å². The average molecular weight is 371 g/mol. The topological polar surface area (TPSA) is 111 Å². The van der Waals surface area contributed by atoms with E-state index in [2.05, 4.69) is 15.0 Å². The van der Waals surface area contributed by atoms with Crippen LogP contribution in [0.25, 0.3) is 10.9 Å². The molecule has 3 rings (SSSR count). The Morgan fingerprint density at radius 2 is 1.93 bits per heavy atom. The number of hydrogen-bond acceptors (Lipinski definition) is 6. The fourth-order valence-corrected chi connectivity index (χ4v) is 2.43. The van der Waals surface area contributed by atoms with E-state index in [4.69, 9.17) is 0 Å². The number of ether oxygens (including phenoxy) is 1. The standard InChI is InChI=1S/C18H14FN3O5/c1-27-18(25)11-4-7-13-14(8-11)21-15(22(26)17(13)24)16(23)20-9-10-2-5-12(19)6-3-10/h2-8,26H,9H2,1H3,(H,20,23). The predicted octanol–water partition coefficient (Wildman–Crippen LogP) is 1.49. The van der Waals surface area contributed by atoms with Crippen molar-refractivity contribution in [1.82, 2.24) is 15.0 Å². The van der Waals surface area contributed by atoms with E-state index in [9.17, 15) is 24.0 Å². The van der Waals surface area contributed by atoms with Crippen molar-refractivity contribution in [1.29, 1.82) is 0 Å². The molecule has 0 aliphatic rings. The van der Waals surface area contributed by atoms with E-state index in [1.165, 1.54) is 49.6 Å². The van der Waals surface area contributed by atoms with Gasteiger partial charge < -0.3 is 15.3 Å². The van der Waals surface area contributed by atoms with Crippen molar-refractivity contribution in [2.24, 2.45) is 0 Å². The van der Waals surface area contributed by atoms with Crippen molar-refractivity contribution >= 4 is 22.8 Å². The fourth-order valence-electron chi connectivity index (χ4n) is 2.43. The van der Waals surface area contributed by atoms with E-state index in [1.807, 2.05) is 0 Å². The van der Waals surface area contributed by atoms with E-state index in [0.29, 0.717) is 5.56 Å². The number of esters is 1. The van der Waals surface area contributed by atoms with Crippen LogP contribution < -0.4 is 10.9 Å². The number of nitrogens with zero attached hydrogens (tertiary/aromatic N) is 2. The third kappa shape index (κ3) is 3.61. The number of aromatic nitrogens is 2. The summed E-state index contributed by atoms with van der Waals surface area (Å²) in [7, 11) is 1.21. The average Bonchev–Trinajstić information content (AvgIpc) is 2.69. The van der Waals surface area contributed by atoms with Gasteiger partial charge in [-0.1, -0.05) is 12.1 Å². The maximum absolute atomic E-state index is 12.9. The molecule has 0 unspecified atom stereocenters. The highest BCUT2D eigenvalue weighted by Gasteiger charge is 2.18. The first-order valence-corrected chi connectivity index (χ1v) is 7.77. The Kier molecular flexibility index (Phi) is 4.84. The lowest BCUT2D eigenvalue weighted by Crippen LogP contribution is -2.32. The van der Waals surface area contributed by atoms with Crippen molar-refractivity contribution in [2.45, 2.75) is 6.54 Å². The number of benzene rings is 2. The van der Waals surface area contributed by atoms with Crippen LogP contribution >= 0.6 is 0 Å². The molecule has 0 atom stereocenters. The third-order valence-electron chi connectivity index (χ3n) is 3.84. The molecule has 8 nitrogen and oxygen atoms in total. The highest BCUT2D eigenvalue weighted by molar-refractivity contribution is 5.96. The number of hydrogen-bond donors (Lipinski definition) is 2. The van der Waals surface area contributed by atoms with Crippen molar-refractivity contribution in [2.75, 3.05) is 7.11 Å². The monoisotopic (exact) mass is 371 g/mol. The molecule has 27 heavy (non-hydrogen) atoms. The van der Waals surface area contributed by atoms with E-state index in [-0.39, 0.29) is 27.7 Å². The predicted molar refractivity (Wildman–Crippen MR) is 92.1 cm³/mol. The van der Waals surface area contributed by atoms with Gasteiger partial charge in [-0.2, -0.15) is 0 Å². The molecule has 1 amide bonds. The minimum atomic E-state index is -0.858. The molecular weight excluding hydrogens is 357 g/mol. The van der Waals surface area contributed by atoms with Crippen LogP contribution in [0, 0.1) is 5.82 Å². The Morgan fingerprint density at radius 3 is 2.59 bits per heavy atom. The molecule has 0 saturated heterocycles. The largest absolute Gasteiger partial charge is 0.465 e. The quantitative estimate of drug-likeness (QED) is 0.531. The molecule has 0 bridgehead atoms. The first kappa shape index (κ1) is 18.1. The Hall–Kier alpha value is -3.75. The Labute approximate surface area is 151 Å². The first-order chi connectivity index (χ1) is 12.9. The van der Waals surface area contributed by atoms with Crippen LogP contribution in [0.15, 0.2) is 47.3 Å². The van der Waals surface area contributed by atoms with Crippen molar-refractivity contribution in [3.63, 3.8) is 0 Å². The van der Waals surface area contributed by atoms with Gasteiger partial charge in [0, 0.05) is 6.54 Å². The molecule has 9 heteroatoms. The molecule has 0 spiro atoms. The summed E-state index contributed by atoms with van der Waals surface area (Å²) in [6.45, 7) is 0.0369. The van der Waals surface area contributed by atoms with Gasteiger partial charge >= 0.3 is 5.97 Å². The summed E-state index contributed by atoms with van der Waals surface area (Å²) in [6.07, 6.45) is 0. The van der Waals surface area contributed by atoms with Gasteiger partial charge in [-0.3, -0.25) is 9.59 Å². The Bertz CT molecular complexity index is 1090. The number of fused-ring (bicyclic) bond motifs is 1. The summed E-state index contributed by atoms with van der Waals surface area (Å²) >= 11 is 0.